The number of hydrogen-bond donors (Lipinski definition) is 1. The van der Waals surface area contributed by atoms with Gasteiger partial charge in [-0.25, -0.2) is 0 Å². The SMILES string of the molecule is CC(C)C1CCCN(CCOCCN)CC1.Cl. The highest BCUT2D eigenvalue weighted by Crippen LogP contribution is 2.24. The molecule has 0 spiro atoms. The molecule has 1 saturated heterocycles. The van der Waals surface area contributed by atoms with Gasteiger partial charge in [0.2, 0.25) is 0 Å². The lowest BCUT2D eigenvalue weighted by molar-refractivity contribution is 0.109. The average molecular weight is 265 g/mol. The molecule has 0 saturated carbocycles. The molecule has 0 radical (unpaired) electrons. The van der Waals surface area contributed by atoms with E-state index in [9.17, 15) is 0 Å². The molecule has 1 aliphatic heterocycles. The second-order valence-corrected chi connectivity index (χ2v) is 5.18. The first-order valence-corrected chi connectivity index (χ1v) is 6.74. The van der Waals surface area contributed by atoms with E-state index in [1.165, 1.54) is 32.4 Å². The van der Waals surface area contributed by atoms with Crippen LogP contribution in [0, 0.1) is 11.8 Å². The van der Waals surface area contributed by atoms with Gasteiger partial charge < -0.3 is 15.4 Å². The molecular weight excluding hydrogens is 236 g/mol. The Labute approximate surface area is 112 Å². The van der Waals surface area contributed by atoms with Crippen LogP contribution in [0.1, 0.15) is 33.1 Å². The van der Waals surface area contributed by atoms with Crippen molar-refractivity contribution in [3.05, 3.63) is 0 Å². The second kappa shape index (κ2) is 10.1. The Morgan fingerprint density at radius 1 is 1.24 bits per heavy atom. The summed E-state index contributed by atoms with van der Waals surface area (Å²) in [5.74, 6) is 1.77. The van der Waals surface area contributed by atoms with Gasteiger partial charge in [-0.15, -0.1) is 12.4 Å². The zero-order valence-corrected chi connectivity index (χ0v) is 12.2. The lowest BCUT2D eigenvalue weighted by Gasteiger charge is -2.21. The minimum Gasteiger partial charge on any atom is -0.379 e. The molecule has 1 aliphatic rings. The van der Waals surface area contributed by atoms with Gasteiger partial charge in [-0.1, -0.05) is 13.8 Å². The van der Waals surface area contributed by atoms with Gasteiger partial charge in [-0.2, -0.15) is 0 Å². The Kier molecular flexibility index (Phi) is 10.2. The van der Waals surface area contributed by atoms with Crippen molar-refractivity contribution in [2.75, 3.05) is 39.4 Å². The zero-order chi connectivity index (χ0) is 11.8. The number of rotatable bonds is 6. The molecule has 3 nitrogen and oxygen atoms in total. The van der Waals surface area contributed by atoms with Crippen LogP contribution in [0.3, 0.4) is 0 Å². The Morgan fingerprint density at radius 2 is 2.00 bits per heavy atom. The molecule has 1 atom stereocenters. The molecule has 0 aliphatic carbocycles. The van der Waals surface area contributed by atoms with Crippen LogP contribution >= 0.6 is 12.4 Å². The van der Waals surface area contributed by atoms with Gasteiger partial charge in [0.1, 0.15) is 0 Å². The van der Waals surface area contributed by atoms with Crippen LogP contribution in [0.2, 0.25) is 0 Å². The molecule has 4 heteroatoms. The molecule has 2 N–H and O–H groups in total. The van der Waals surface area contributed by atoms with E-state index < -0.39 is 0 Å². The minimum absolute atomic E-state index is 0. The molecule has 104 valence electrons. The quantitative estimate of drug-likeness (QED) is 0.747. The van der Waals surface area contributed by atoms with Crippen molar-refractivity contribution < 1.29 is 4.74 Å². The third-order valence-electron chi connectivity index (χ3n) is 3.62. The fourth-order valence-corrected chi connectivity index (χ4v) is 2.45. The molecule has 0 aromatic heterocycles. The van der Waals surface area contributed by atoms with Crippen molar-refractivity contribution in [2.45, 2.75) is 33.1 Å². The third-order valence-corrected chi connectivity index (χ3v) is 3.62. The van der Waals surface area contributed by atoms with Crippen molar-refractivity contribution >= 4 is 12.4 Å². The zero-order valence-electron chi connectivity index (χ0n) is 11.4. The van der Waals surface area contributed by atoms with E-state index in [4.69, 9.17) is 10.5 Å². The van der Waals surface area contributed by atoms with Crippen LogP contribution in [0.15, 0.2) is 0 Å². The van der Waals surface area contributed by atoms with Gasteiger partial charge >= 0.3 is 0 Å². The molecule has 1 rings (SSSR count). The van der Waals surface area contributed by atoms with Gasteiger partial charge in [0.15, 0.2) is 0 Å². The van der Waals surface area contributed by atoms with Crippen LogP contribution in [0.5, 0.6) is 0 Å². The highest BCUT2D eigenvalue weighted by atomic mass is 35.5. The van der Waals surface area contributed by atoms with E-state index in [2.05, 4.69) is 18.7 Å². The molecular formula is C13H29ClN2O. The Hall–Kier alpha value is 0.170. The lowest BCUT2D eigenvalue weighted by Crippen LogP contribution is -2.29. The summed E-state index contributed by atoms with van der Waals surface area (Å²) >= 11 is 0. The maximum atomic E-state index is 5.43. The van der Waals surface area contributed by atoms with Crippen LogP contribution in [0.25, 0.3) is 0 Å². The van der Waals surface area contributed by atoms with Gasteiger partial charge in [0, 0.05) is 13.1 Å². The topological polar surface area (TPSA) is 38.5 Å². The Morgan fingerprint density at radius 3 is 2.65 bits per heavy atom. The molecule has 0 amide bonds. The fraction of sp³-hybridized carbons (Fsp3) is 1.00. The summed E-state index contributed by atoms with van der Waals surface area (Å²) in [7, 11) is 0. The monoisotopic (exact) mass is 264 g/mol. The van der Waals surface area contributed by atoms with Crippen molar-refractivity contribution in [3.63, 3.8) is 0 Å². The maximum absolute atomic E-state index is 5.43. The highest BCUT2D eigenvalue weighted by Gasteiger charge is 2.18. The summed E-state index contributed by atoms with van der Waals surface area (Å²) in [6.07, 6.45) is 4.10. The molecule has 1 heterocycles. The summed E-state index contributed by atoms with van der Waals surface area (Å²) in [5, 5.41) is 0. The largest absolute Gasteiger partial charge is 0.379 e. The molecule has 0 aromatic rings. The first-order chi connectivity index (χ1) is 7.74. The fourth-order valence-electron chi connectivity index (χ4n) is 2.45. The number of halogens is 1. The standard InChI is InChI=1S/C13H28N2O.ClH/c1-12(2)13-4-3-7-15(8-5-13)9-11-16-10-6-14;/h12-13H,3-11,14H2,1-2H3;1H. The predicted octanol–water partition coefficient (Wildman–Crippen LogP) is 2.14. The lowest BCUT2D eigenvalue weighted by atomic mass is 9.89. The van der Waals surface area contributed by atoms with E-state index >= 15 is 0 Å². The second-order valence-electron chi connectivity index (χ2n) is 5.18. The highest BCUT2D eigenvalue weighted by molar-refractivity contribution is 5.85. The Bertz CT molecular complexity index is 179. The summed E-state index contributed by atoms with van der Waals surface area (Å²) in [4.78, 5) is 2.54. The normalized spacial score (nSPS) is 22.2. The van der Waals surface area contributed by atoms with Gasteiger partial charge in [0.25, 0.3) is 0 Å². The average Bonchev–Trinajstić information content (AvgIpc) is 2.50. The molecule has 17 heavy (non-hydrogen) atoms. The van der Waals surface area contributed by atoms with Crippen molar-refractivity contribution in [1.29, 1.82) is 0 Å². The number of hydrogen-bond acceptors (Lipinski definition) is 3. The minimum atomic E-state index is 0. The summed E-state index contributed by atoms with van der Waals surface area (Å²) < 4.78 is 5.43. The van der Waals surface area contributed by atoms with E-state index in [1.807, 2.05) is 0 Å². The molecule has 0 bridgehead atoms. The van der Waals surface area contributed by atoms with Crippen LogP contribution in [-0.4, -0.2) is 44.3 Å². The van der Waals surface area contributed by atoms with Crippen molar-refractivity contribution in [2.24, 2.45) is 17.6 Å². The third kappa shape index (κ3) is 7.24. The van der Waals surface area contributed by atoms with Gasteiger partial charge in [0.05, 0.1) is 13.2 Å². The number of likely N-dealkylation sites (tertiary alicyclic amines) is 1. The maximum Gasteiger partial charge on any atom is 0.0594 e. The predicted molar refractivity (Wildman–Crippen MR) is 75.7 cm³/mol. The van der Waals surface area contributed by atoms with Gasteiger partial charge in [-0.3, -0.25) is 0 Å². The molecule has 1 unspecified atom stereocenters. The van der Waals surface area contributed by atoms with E-state index in [1.54, 1.807) is 0 Å². The van der Waals surface area contributed by atoms with Crippen LogP contribution in [0.4, 0.5) is 0 Å². The van der Waals surface area contributed by atoms with E-state index in [0.29, 0.717) is 13.2 Å². The number of nitrogens with zero attached hydrogens (tertiary/aromatic N) is 1. The van der Waals surface area contributed by atoms with E-state index in [0.717, 1.165) is 25.0 Å². The van der Waals surface area contributed by atoms with Crippen molar-refractivity contribution in [1.82, 2.24) is 4.90 Å². The van der Waals surface area contributed by atoms with Gasteiger partial charge in [-0.05, 0) is 44.2 Å². The van der Waals surface area contributed by atoms with E-state index in [-0.39, 0.29) is 12.4 Å². The Balaban J connectivity index is 0.00000256. The number of ether oxygens (including phenoxy) is 1. The summed E-state index contributed by atoms with van der Waals surface area (Å²) in [6.45, 7) is 10.4. The number of nitrogens with two attached hydrogens (primary N) is 1. The smallest absolute Gasteiger partial charge is 0.0594 e. The molecule has 1 fully saturated rings. The first-order valence-electron chi connectivity index (χ1n) is 6.74. The van der Waals surface area contributed by atoms with Crippen molar-refractivity contribution in [3.8, 4) is 0 Å². The summed E-state index contributed by atoms with van der Waals surface area (Å²) in [5.41, 5.74) is 5.39. The summed E-state index contributed by atoms with van der Waals surface area (Å²) in [6, 6.07) is 0. The molecule has 0 aromatic carbocycles. The van der Waals surface area contributed by atoms with Crippen LogP contribution < -0.4 is 5.73 Å². The van der Waals surface area contributed by atoms with Crippen LogP contribution in [-0.2, 0) is 4.74 Å². The first kappa shape index (κ1) is 17.2.